The highest BCUT2D eigenvalue weighted by Gasteiger charge is 2.24. The molecule has 1 saturated heterocycles. The highest BCUT2D eigenvalue weighted by Crippen LogP contribution is 2.20. The predicted octanol–water partition coefficient (Wildman–Crippen LogP) is 0.849. The highest BCUT2D eigenvalue weighted by molar-refractivity contribution is 7.85. The Bertz CT molecular complexity index is 446. The molecule has 0 radical (unpaired) electrons. The van der Waals surface area contributed by atoms with Crippen LogP contribution in [0.2, 0.25) is 0 Å². The summed E-state index contributed by atoms with van der Waals surface area (Å²) in [4.78, 5) is 14.1. The van der Waals surface area contributed by atoms with Gasteiger partial charge < -0.3 is 5.32 Å². The van der Waals surface area contributed by atoms with Gasteiger partial charge in [0.1, 0.15) is 0 Å². The smallest absolute Gasteiger partial charge is 0.303 e. The molecule has 7 heteroatoms. The topological polar surface area (TPSA) is 85.1 Å². The van der Waals surface area contributed by atoms with Crippen LogP contribution in [0.25, 0.3) is 0 Å². The lowest BCUT2D eigenvalue weighted by Gasteiger charge is -2.08. The second-order valence-corrected chi connectivity index (χ2v) is 5.30. The standard InChI is InChI=1S/C10H13N3O3S/c14-13(15)9-4-2-6-12-10(9)17(16)7-8-3-1-5-11-8/h2,4,6,8,11H,1,3,5,7H2/t8-,17-/m1/s1. The van der Waals surface area contributed by atoms with E-state index < -0.39 is 15.7 Å². The summed E-state index contributed by atoms with van der Waals surface area (Å²) >= 11 is 0. The Morgan fingerprint density at radius 1 is 1.65 bits per heavy atom. The van der Waals surface area contributed by atoms with Gasteiger partial charge in [0.2, 0.25) is 5.03 Å². The van der Waals surface area contributed by atoms with Crippen LogP contribution in [0.3, 0.4) is 0 Å². The second kappa shape index (κ2) is 5.33. The summed E-state index contributed by atoms with van der Waals surface area (Å²) in [5.74, 6) is 0.387. The molecular weight excluding hydrogens is 242 g/mol. The summed E-state index contributed by atoms with van der Waals surface area (Å²) in [7, 11) is -1.42. The van der Waals surface area contributed by atoms with Crippen molar-refractivity contribution in [1.29, 1.82) is 0 Å². The van der Waals surface area contributed by atoms with E-state index in [0.29, 0.717) is 5.75 Å². The average Bonchev–Trinajstić information content (AvgIpc) is 2.81. The molecule has 1 N–H and O–H groups in total. The second-order valence-electron chi connectivity index (χ2n) is 3.89. The van der Waals surface area contributed by atoms with Crippen LogP contribution in [0.1, 0.15) is 12.8 Å². The van der Waals surface area contributed by atoms with E-state index in [9.17, 15) is 14.3 Å². The zero-order valence-corrected chi connectivity index (χ0v) is 9.98. The molecule has 1 aliphatic heterocycles. The van der Waals surface area contributed by atoms with Crippen LogP contribution in [0.15, 0.2) is 23.4 Å². The number of nitro groups is 1. The summed E-state index contributed by atoms with van der Waals surface area (Å²) in [6.07, 6.45) is 3.46. The van der Waals surface area contributed by atoms with E-state index >= 15 is 0 Å². The Labute approximate surface area is 101 Å². The Kier molecular flexibility index (Phi) is 3.80. The first-order valence-corrected chi connectivity index (χ1v) is 6.71. The largest absolute Gasteiger partial charge is 0.313 e. The maximum atomic E-state index is 12.0. The lowest BCUT2D eigenvalue weighted by Crippen LogP contribution is -2.28. The summed E-state index contributed by atoms with van der Waals surface area (Å²) in [5, 5.41) is 14.1. The third-order valence-electron chi connectivity index (χ3n) is 2.68. The number of rotatable bonds is 4. The zero-order chi connectivity index (χ0) is 12.3. The fourth-order valence-electron chi connectivity index (χ4n) is 1.86. The highest BCUT2D eigenvalue weighted by atomic mass is 32.2. The number of aromatic nitrogens is 1. The molecule has 0 unspecified atom stereocenters. The van der Waals surface area contributed by atoms with Crippen molar-refractivity contribution in [2.45, 2.75) is 23.9 Å². The van der Waals surface area contributed by atoms with Crippen LogP contribution in [0, 0.1) is 10.1 Å². The van der Waals surface area contributed by atoms with Gasteiger partial charge in [0.25, 0.3) is 0 Å². The van der Waals surface area contributed by atoms with Gasteiger partial charge in [-0.1, -0.05) is 0 Å². The summed E-state index contributed by atoms with van der Waals surface area (Å²) < 4.78 is 12.0. The van der Waals surface area contributed by atoms with Crippen molar-refractivity contribution >= 4 is 16.5 Å². The van der Waals surface area contributed by atoms with Gasteiger partial charge >= 0.3 is 5.69 Å². The molecule has 0 bridgehead atoms. The predicted molar refractivity (Wildman–Crippen MR) is 63.2 cm³/mol. The van der Waals surface area contributed by atoms with E-state index in [1.54, 1.807) is 0 Å². The molecular formula is C10H13N3O3S. The summed E-state index contributed by atoms with van der Waals surface area (Å²) in [5.41, 5.74) is -0.163. The van der Waals surface area contributed by atoms with Crippen LogP contribution in [-0.2, 0) is 10.8 Å². The van der Waals surface area contributed by atoms with Gasteiger partial charge in [-0.25, -0.2) is 4.98 Å². The molecule has 1 aromatic rings. The maximum Gasteiger partial charge on any atom is 0.303 e. The molecule has 0 aromatic carbocycles. The van der Waals surface area contributed by atoms with Gasteiger partial charge in [-0.2, -0.15) is 0 Å². The molecule has 92 valence electrons. The lowest BCUT2D eigenvalue weighted by atomic mass is 10.3. The first kappa shape index (κ1) is 12.1. The monoisotopic (exact) mass is 255 g/mol. The van der Waals surface area contributed by atoms with E-state index in [4.69, 9.17) is 0 Å². The molecule has 0 saturated carbocycles. The van der Waals surface area contributed by atoms with Crippen LogP contribution in [0.4, 0.5) is 5.69 Å². The van der Waals surface area contributed by atoms with Crippen LogP contribution >= 0.6 is 0 Å². The van der Waals surface area contributed by atoms with E-state index in [-0.39, 0.29) is 16.8 Å². The number of hydrogen-bond acceptors (Lipinski definition) is 5. The molecule has 1 aromatic heterocycles. The summed E-state index contributed by atoms with van der Waals surface area (Å²) in [6, 6.07) is 2.99. The van der Waals surface area contributed by atoms with E-state index in [0.717, 1.165) is 19.4 Å². The minimum absolute atomic E-state index is 0.0752. The molecule has 2 atom stereocenters. The van der Waals surface area contributed by atoms with Crippen molar-refractivity contribution in [3.63, 3.8) is 0 Å². The number of nitrogens with one attached hydrogen (secondary N) is 1. The van der Waals surface area contributed by atoms with Gasteiger partial charge in [0.05, 0.1) is 15.7 Å². The van der Waals surface area contributed by atoms with Gasteiger partial charge in [-0.3, -0.25) is 14.3 Å². The third-order valence-corrected chi connectivity index (χ3v) is 4.13. The zero-order valence-electron chi connectivity index (χ0n) is 9.17. The van der Waals surface area contributed by atoms with E-state index in [1.807, 2.05) is 0 Å². The van der Waals surface area contributed by atoms with Gasteiger partial charge in [-0.05, 0) is 25.5 Å². The Morgan fingerprint density at radius 2 is 2.47 bits per heavy atom. The molecule has 1 aliphatic rings. The molecule has 17 heavy (non-hydrogen) atoms. The number of nitrogens with zero attached hydrogens (tertiary/aromatic N) is 2. The Morgan fingerprint density at radius 3 is 3.12 bits per heavy atom. The summed E-state index contributed by atoms with van der Waals surface area (Å²) in [6.45, 7) is 0.923. The van der Waals surface area contributed by atoms with E-state index in [1.165, 1.54) is 18.3 Å². The van der Waals surface area contributed by atoms with Gasteiger partial charge in [-0.15, -0.1) is 0 Å². The van der Waals surface area contributed by atoms with Crippen molar-refractivity contribution < 1.29 is 9.13 Å². The Balaban J connectivity index is 2.15. The van der Waals surface area contributed by atoms with Crippen molar-refractivity contribution in [3.05, 3.63) is 28.4 Å². The van der Waals surface area contributed by atoms with E-state index in [2.05, 4.69) is 10.3 Å². The van der Waals surface area contributed by atoms with Gasteiger partial charge in [0, 0.05) is 24.1 Å². The van der Waals surface area contributed by atoms with Crippen LogP contribution in [-0.4, -0.2) is 32.5 Å². The fraction of sp³-hybridized carbons (Fsp3) is 0.500. The van der Waals surface area contributed by atoms with Crippen molar-refractivity contribution in [2.75, 3.05) is 12.3 Å². The maximum absolute atomic E-state index is 12.0. The van der Waals surface area contributed by atoms with Crippen LogP contribution in [0.5, 0.6) is 0 Å². The fourth-order valence-corrected chi connectivity index (χ4v) is 3.22. The minimum atomic E-state index is -1.42. The molecule has 2 heterocycles. The quantitative estimate of drug-likeness (QED) is 0.636. The lowest BCUT2D eigenvalue weighted by molar-refractivity contribution is -0.388. The first-order valence-electron chi connectivity index (χ1n) is 5.39. The molecule has 6 nitrogen and oxygen atoms in total. The van der Waals surface area contributed by atoms with Crippen molar-refractivity contribution in [3.8, 4) is 0 Å². The van der Waals surface area contributed by atoms with Crippen LogP contribution < -0.4 is 5.32 Å². The number of pyridine rings is 1. The van der Waals surface area contributed by atoms with Crippen molar-refractivity contribution in [2.24, 2.45) is 0 Å². The number of hydrogen-bond donors (Lipinski definition) is 1. The molecule has 0 amide bonds. The van der Waals surface area contributed by atoms with Gasteiger partial charge in [0.15, 0.2) is 0 Å². The molecule has 0 spiro atoms. The minimum Gasteiger partial charge on any atom is -0.313 e. The molecule has 0 aliphatic carbocycles. The third kappa shape index (κ3) is 2.86. The molecule has 2 rings (SSSR count). The average molecular weight is 255 g/mol. The molecule has 1 fully saturated rings. The Hall–Kier alpha value is -1.34. The normalized spacial score (nSPS) is 21.3. The van der Waals surface area contributed by atoms with Crippen molar-refractivity contribution in [1.82, 2.24) is 10.3 Å². The SMILES string of the molecule is O=[N+]([O-])c1cccnc1[S@](=O)C[C@H]1CCCN1. The first-order chi connectivity index (χ1) is 8.18.